The van der Waals surface area contributed by atoms with Gasteiger partial charge in [-0.15, -0.1) is 0 Å². The Morgan fingerprint density at radius 3 is 2.42 bits per heavy atom. The Hall–Kier alpha value is -3.27. The highest BCUT2D eigenvalue weighted by Crippen LogP contribution is 2.18. The van der Waals surface area contributed by atoms with Crippen molar-refractivity contribution < 1.29 is 14.6 Å². The molecule has 4 heteroatoms. The quantitative estimate of drug-likeness (QED) is 0.692. The number of phenolic OH excluding ortho intramolecular Hbond substituents is 1. The molecule has 0 heterocycles. The Morgan fingerprint density at radius 1 is 0.917 bits per heavy atom. The van der Waals surface area contributed by atoms with Crippen LogP contribution in [0.2, 0.25) is 0 Å². The van der Waals surface area contributed by atoms with Crippen LogP contribution in [0.3, 0.4) is 0 Å². The van der Waals surface area contributed by atoms with Gasteiger partial charge < -0.3 is 15.2 Å². The van der Waals surface area contributed by atoms with Crippen molar-refractivity contribution in [2.24, 2.45) is 0 Å². The maximum Gasteiger partial charge on any atom is 0.255 e. The van der Waals surface area contributed by atoms with Crippen LogP contribution in [0, 0.1) is 0 Å². The summed E-state index contributed by atoms with van der Waals surface area (Å²) in [4.78, 5) is 12.3. The number of phenols is 1. The van der Waals surface area contributed by atoms with Gasteiger partial charge in [0.1, 0.15) is 18.1 Å². The molecule has 3 aromatic rings. The maximum absolute atomic E-state index is 12.3. The van der Waals surface area contributed by atoms with E-state index in [4.69, 9.17) is 4.74 Å². The van der Waals surface area contributed by atoms with Crippen molar-refractivity contribution in [3.05, 3.63) is 90.0 Å². The van der Waals surface area contributed by atoms with Crippen LogP contribution in [0.25, 0.3) is 0 Å². The fourth-order valence-electron chi connectivity index (χ4n) is 2.22. The smallest absolute Gasteiger partial charge is 0.255 e. The van der Waals surface area contributed by atoms with E-state index in [0.717, 1.165) is 5.56 Å². The Balaban J connectivity index is 1.65. The highest BCUT2D eigenvalue weighted by atomic mass is 16.5. The summed E-state index contributed by atoms with van der Waals surface area (Å²) in [6.07, 6.45) is 0. The van der Waals surface area contributed by atoms with Crippen molar-refractivity contribution >= 4 is 11.6 Å². The standard InChI is InChI=1S/C20H17NO3/c22-18-11-9-17(10-12-18)21-20(23)16-7-4-8-19(13-16)24-14-15-5-2-1-3-6-15/h1-13,22H,14H2,(H,21,23). The first-order chi connectivity index (χ1) is 11.7. The van der Waals surface area contributed by atoms with Gasteiger partial charge in [-0.2, -0.15) is 0 Å². The number of carbonyl (C=O) groups is 1. The van der Waals surface area contributed by atoms with Gasteiger partial charge in [-0.25, -0.2) is 0 Å². The molecule has 3 rings (SSSR count). The molecule has 24 heavy (non-hydrogen) atoms. The molecule has 2 N–H and O–H groups in total. The zero-order chi connectivity index (χ0) is 16.8. The highest BCUT2D eigenvalue weighted by molar-refractivity contribution is 6.04. The largest absolute Gasteiger partial charge is 0.508 e. The number of amides is 1. The van der Waals surface area contributed by atoms with E-state index in [2.05, 4.69) is 5.32 Å². The second kappa shape index (κ2) is 7.33. The van der Waals surface area contributed by atoms with E-state index in [-0.39, 0.29) is 11.7 Å². The van der Waals surface area contributed by atoms with Gasteiger partial charge >= 0.3 is 0 Å². The number of hydrogen-bond acceptors (Lipinski definition) is 3. The number of carbonyl (C=O) groups excluding carboxylic acids is 1. The van der Waals surface area contributed by atoms with Gasteiger partial charge in [-0.3, -0.25) is 4.79 Å². The summed E-state index contributed by atoms with van der Waals surface area (Å²) in [6.45, 7) is 0.448. The molecule has 0 bridgehead atoms. The van der Waals surface area contributed by atoms with Crippen molar-refractivity contribution in [2.45, 2.75) is 6.61 Å². The van der Waals surface area contributed by atoms with Crippen LogP contribution < -0.4 is 10.1 Å². The van der Waals surface area contributed by atoms with E-state index in [1.807, 2.05) is 36.4 Å². The number of benzene rings is 3. The molecule has 3 aromatic carbocycles. The van der Waals surface area contributed by atoms with E-state index in [1.54, 1.807) is 30.3 Å². The monoisotopic (exact) mass is 319 g/mol. The van der Waals surface area contributed by atoms with E-state index in [9.17, 15) is 9.90 Å². The van der Waals surface area contributed by atoms with E-state index in [0.29, 0.717) is 23.6 Å². The molecule has 0 aliphatic heterocycles. The lowest BCUT2D eigenvalue weighted by molar-refractivity contribution is 0.102. The first-order valence-electron chi connectivity index (χ1n) is 7.58. The van der Waals surface area contributed by atoms with Gasteiger partial charge in [-0.1, -0.05) is 36.4 Å². The summed E-state index contributed by atoms with van der Waals surface area (Å²) < 4.78 is 5.74. The van der Waals surface area contributed by atoms with Gasteiger partial charge in [0.25, 0.3) is 5.91 Å². The fourth-order valence-corrected chi connectivity index (χ4v) is 2.22. The van der Waals surface area contributed by atoms with Crippen LogP contribution in [-0.2, 0) is 6.61 Å². The average molecular weight is 319 g/mol. The minimum absolute atomic E-state index is 0.157. The highest BCUT2D eigenvalue weighted by Gasteiger charge is 2.07. The topological polar surface area (TPSA) is 58.6 Å². The SMILES string of the molecule is O=C(Nc1ccc(O)cc1)c1cccc(OCc2ccccc2)c1. The van der Waals surface area contributed by atoms with E-state index >= 15 is 0 Å². The summed E-state index contributed by atoms with van der Waals surface area (Å²) in [6, 6.07) is 23.2. The number of ether oxygens (including phenoxy) is 1. The molecule has 0 radical (unpaired) electrons. The molecule has 0 aliphatic carbocycles. The fraction of sp³-hybridized carbons (Fsp3) is 0.0500. The summed E-state index contributed by atoms with van der Waals surface area (Å²) in [5, 5.41) is 12.0. The summed E-state index contributed by atoms with van der Waals surface area (Å²) in [7, 11) is 0. The average Bonchev–Trinajstić information content (AvgIpc) is 2.63. The third kappa shape index (κ3) is 4.14. The van der Waals surface area contributed by atoms with Crippen LogP contribution in [0.4, 0.5) is 5.69 Å². The summed E-state index contributed by atoms with van der Waals surface area (Å²) >= 11 is 0. The van der Waals surface area contributed by atoms with Crippen LogP contribution in [-0.4, -0.2) is 11.0 Å². The Kier molecular flexibility index (Phi) is 4.77. The molecule has 120 valence electrons. The molecular formula is C20H17NO3. The predicted molar refractivity (Wildman–Crippen MR) is 93.3 cm³/mol. The van der Waals surface area contributed by atoms with E-state index < -0.39 is 0 Å². The molecule has 4 nitrogen and oxygen atoms in total. The minimum atomic E-state index is -0.231. The first kappa shape index (κ1) is 15.6. The molecule has 0 fully saturated rings. The maximum atomic E-state index is 12.3. The molecule has 1 amide bonds. The Morgan fingerprint density at radius 2 is 1.67 bits per heavy atom. The molecule has 0 unspecified atom stereocenters. The second-order valence-corrected chi connectivity index (χ2v) is 5.30. The van der Waals surface area contributed by atoms with Gasteiger partial charge in [-0.05, 0) is 48.0 Å². The lowest BCUT2D eigenvalue weighted by Gasteiger charge is -2.09. The third-order valence-corrected chi connectivity index (χ3v) is 3.47. The minimum Gasteiger partial charge on any atom is -0.508 e. The Labute approximate surface area is 140 Å². The zero-order valence-electron chi connectivity index (χ0n) is 13.0. The van der Waals surface area contributed by atoms with Crippen LogP contribution in [0.5, 0.6) is 11.5 Å². The van der Waals surface area contributed by atoms with Crippen LogP contribution in [0.1, 0.15) is 15.9 Å². The molecule has 0 saturated heterocycles. The number of aromatic hydroxyl groups is 1. The van der Waals surface area contributed by atoms with Crippen LogP contribution in [0.15, 0.2) is 78.9 Å². The third-order valence-electron chi connectivity index (χ3n) is 3.47. The van der Waals surface area contributed by atoms with Gasteiger partial charge in [0, 0.05) is 11.3 Å². The van der Waals surface area contributed by atoms with Gasteiger partial charge in [0.15, 0.2) is 0 Å². The summed E-state index contributed by atoms with van der Waals surface area (Å²) in [5.41, 5.74) is 2.19. The van der Waals surface area contributed by atoms with Crippen molar-refractivity contribution in [3.8, 4) is 11.5 Å². The lowest BCUT2D eigenvalue weighted by atomic mass is 10.2. The zero-order valence-corrected chi connectivity index (χ0v) is 13.0. The summed E-state index contributed by atoms with van der Waals surface area (Å²) in [5.74, 6) is 0.562. The van der Waals surface area contributed by atoms with Gasteiger partial charge in [0.05, 0.1) is 0 Å². The van der Waals surface area contributed by atoms with E-state index in [1.165, 1.54) is 12.1 Å². The second-order valence-electron chi connectivity index (χ2n) is 5.30. The molecule has 0 saturated carbocycles. The molecule has 0 aliphatic rings. The molecular weight excluding hydrogens is 302 g/mol. The number of hydrogen-bond donors (Lipinski definition) is 2. The van der Waals surface area contributed by atoms with Crippen molar-refractivity contribution in [1.29, 1.82) is 0 Å². The van der Waals surface area contributed by atoms with Crippen molar-refractivity contribution in [1.82, 2.24) is 0 Å². The molecule has 0 aromatic heterocycles. The number of anilines is 1. The predicted octanol–water partition coefficient (Wildman–Crippen LogP) is 4.22. The molecule has 0 atom stereocenters. The normalized spacial score (nSPS) is 10.2. The Bertz CT molecular complexity index is 814. The van der Waals surface area contributed by atoms with Crippen molar-refractivity contribution in [2.75, 3.05) is 5.32 Å². The van der Waals surface area contributed by atoms with Crippen LogP contribution >= 0.6 is 0 Å². The first-order valence-corrected chi connectivity index (χ1v) is 7.58. The van der Waals surface area contributed by atoms with Crippen molar-refractivity contribution in [3.63, 3.8) is 0 Å². The van der Waals surface area contributed by atoms with Gasteiger partial charge in [0.2, 0.25) is 0 Å². The number of nitrogens with one attached hydrogen (secondary N) is 1. The lowest BCUT2D eigenvalue weighted by Crippen LogP contribution is -2.11. The molecule has 0 spiro atoms. The number of rotatable bonds is 5.